The summed E-state index contributed by atoms with van der Waals surface area (Å²) in [6.45, 7) is 0. The van der Waals surface area contributed by atoms with Gasteiger partial charge in [-0.15, -0.1) is 0 Å². The minimum absolute atomic E-state index is 0.00574. The van der Waals surface area contributed by atoms with E-state index in [0.717, 1.165) is 44.9 Å². The van der Waals surface area contributed by atoms with Crippen molar-refractivity contribution in [2.24, 2.45) is 0 Å². The number of carbonyl (C=O) groups is 2. The first-order valence-corrected chi connectivity index (χ1v) is 7.36. The average molecular weight is 284 g/mol. The van der Waals surface area contributed by atoms with Crippen LogP contribution in [0.15, 0.2) is 0 Å². The molecule has 0 aromatic heterocycles. The van der Waals surface area contributed by atoms with E-state index in [1.54, 1.807) is 7.11 Å². The van der Waals surface area contributed by atoms with Crippen molar-refractivity contribution in [2.75, 3.05) is 7.11 Å². The van der Waals surface area contributed by atoms with Crippen molar-refractivity contribution in [2.45, 2.75) is 69.1 Å². The lowest BCUT2D eigenvalue weighted by Crippen LogP contribution is -2.58. The highest BCUT2D eigenvalue weighted by atomic mass is 16.5. The summed E-state index contributed by atoms with van der Waals surface area (Å²) in [6.07, 6.45) is 6.46. The summed E-state index contributed by atoms with van der Waals surface area (Å²) in [7, 11) is 1.67. The van der Waals surface area contributed by atoms with Gasteiger partial charge in [-0.2, -0.15) is 0 Å². The second kappa shape index (κ2) is 6.43. The van der Waals surface area contributed by atoms with Gasteiger partial charge in [0.15, 0.2) is 0 Å². The Morgan fingerprint density at radius 2 is 1.90 bits per heavy atom. The zero-order valence-electron chi connectivity index (χ0n) is 12.0. The molecule has 0 atom stereocenters. The van der Waals surface area contributed by atoms with Gasteiger partial charge in [-0.05, 0) is 25.7 Å². The van der Waals surface area contributed by atoms with Crippen LogP contribution < -0.4 is 10.6 Å². The molecule has 0 unspecified atom stereocenters. The summed E-state index contributed by atoms with van der Waals surface area (Å²) in [5, 5.41) is 14.9. The van der Waals surface area contributed by atoms with Crippen molar-refractivity contribution in [1.82, 2.24) is 10.6 Å². The number of carboxylic acid groups (broad SMARTS) is 1. The fraction of sp³-hybridized carbons (Fsp3) is 0.857. The second-order valence-corrected chi connectivity index (χ2v) is 6.04. The molecular formula is C14H24N2O4. The highest BCUT2D eigenvalue weighted by Gasteiger charge is 2.37. The summed E-state index contributed by atoms with van der Waals surface area (Å²) in [5.74, 6) is -0.852. The molecule has 2 saturated carbocycles. The van der Waals surface area contributed by atoms with E-state index in [2.05, 4.69) is 10.6 Å². The number of nitrogens with one attached hydrogen (secondary N) is 2. The van der Waals surface area contributed by atoms with Crippen LogP contribution in [-0.4, -0.2) is 41.9 Å². The molecule has 0 radical (unpaired) electrons. The SMILES string of the molecule is COC1CC(NC(=O)NC2(CC(=O)O)CCCCC2)C1. The predicted octanol–water partition coefficient (Wildman–Crippen LogP) is 1.64. The standard InChI is InChI=1S/C14H24N2O4/c1-20-11-7-10(8-11)15-13(19)16-14(9-12(17)18)5-3-2-4-6-14/h10-11H,2-9H2,1H3,(H,17,18)(H2,15,16,19). The molecule has 2 fully saturated rings. The normalized spacial score (nSPS) is 28.2. The molecule has 114 valence electrons. The van der Waals surface area contributed by atoms with Crippen molar-refractivity contribution in [1.29, 1.82) is 0 Å². The van der Waals surface area contributed by atoms with Crippen molar-refractivity contribution in [3.63, 3.8) is 0 Å². The van der Waals surface area contributed by atoms with Gasteiger partial charge in [0, 0.05) is 13.2 Å². The van der Waals surface area contributed by atoms with E-state index in [1.165, 1.54) is 0 Å². The lowest BCUT2D eigenvalue weighted by atomic mass is 9.79. The number of carboxylic acids is 1. The third kappa shape index (κ3) is 3.85. The predicted molar refractivity (Wildman–Crippen MR) is 73.6 cm³/mol. The van der Waals surface area contributed by atoms with Crippen molar-refractivity contribution < 1.29 is 19.4 Å². The summed E-state index contributed by atoms with van der Waals surface area (Å²) >= 11 is 0. The highest BCUT2D eigenvalue weighted by molar-refractivity contribution is 5.77. The number of carbonyl (C=O) groups excluding carboxylic acids is 1. The lowest BCUT2D eigenvalue weighted by molar-refractivity contribution is -0.139. The topological polar surface area (TPSA) is 87.7 Å². The number of rotatable bonds is 5. The van der Waals surface area contributed by atoms with Crippen molar-refractivity contribution in [3.8, 4) is 0 Å². The molecule has 2 amide bonds. The van der Waals surface area contributed by atoms with E-state index in [1.807, 2.05) is 0 Å². The quantitative estimate of drug-likeness (QED) is 0.716. The first-order chi connectivity index (χ1) is 9.53. The molecule has 2 aliphatic carbocycles. The zero-order chi connectivity index (χ0) is 14.6. The summed E-state index contributed by atoms with van der Waals surface area (Å²) in [5.41, 5.74) is -0.571. The molecular weight excluding hydrogens is 260 g/mol. The second-order valence-electron chi connectivity index (χ2n) is 6.04. The number of methoxy groups -OCH3 is 1. The molecule has 0 spiro atoms. The minimum Gasteiger partial charge on any atom is -0.481 e. The Bertz CT molecular complexity index is 360. The summed E-state index contributed by atoms with van der Waals surface area (Å²) in [4.78, 5) is 23.1. The van der Waals surface area contributed by atoms with Crippen LogP contribution in [0.3, 0.4) is 0 Å². The average Bonchev–Trinajstić information content (AvgIpc) is 2.33. The van der Waals surface area contributed by atoms with Crippen LogP contribution in [0.1, 0.15) is 51.4 Å². The Balaban J connectivity index is 1.84. The molecule has 0 aliphatic heterocycles. The first kappa shape index (κ1) is 15.1. The maximum absolute atomic E-state index is 12.0. The first-order valence-electron chi connectivity index (χ1n) is 7.36. The summed E-state index contributed by atoms with van der Waals surface area (Å²) in [6, 6.07) is -0.0990. The van der Waals surface area contributed by atoms with Crippen LogP contribution in [-0.2, 0) is 9.53 Å². The van der Waals surface area contributed by atoms with Crippen LogP contribution in [0.2, 0.25) is 0 Å². The van der Waals surface area contributed by atoms with Crippen molar-refractivity contribution >= 4 is 12.0 Å². The van der Waals surface area contributed by atoms with Gasteiger partial charge in [0.05, 0.1) is 18.1 Å². The smallest absolute Gasteiger partial charge is 0.315 e. The van der Waals surface area contributed by atoms with Gasteiger partial charge in [0.25, 0.3) is 0 Å². The number of hydrogen-bond acceptors (Lipinski definition) is 3. The number of urea groups is 1. The zero-order valence-corrected chi connectivity index (χ0v) is 12.0. The van der Waals surface area contributed by atoms with Gasteiger partial charge in [0.2, 0.25) is 0 Å². The van der Waals surface area contributed by atoms with E-state index in [-0.39, 0.29) is 24.6 Å². The third-order valence-electron chi connectivity index (χ3n) is 4.44. The Morgan fingerprint density at radius 1 is 1.25 bits per heavy atom. The molecule has 0 bridgehead atoms. The Kier molecular flexibility index (Phi) is 4.86. The van der Waals surface area contributed by atoms with E-state index in [4.69, 9.17) is 9.84 Å². The Hall–Kier alpha value is -1.30. The Labute approximate surface area is 119 Å². The van der Waals surface area contributed by atoms with Crippen molar-refractivity contribution in [3.05, 3.63) is 0 Å². The molecule has 3 N–H and O–H groups in total. The number of aliphatic carboxylic acids is 1. The lowest BCUT2D eigenvalue weighted by Gasteiger charge is -2.39. The fourth-order valence-electron chi connectivity index (χ4n) is 3.20. The number of hydrogen-bond donors (Lipinski definition) is 3. The monoisotopic (exact) mass is 284 g/mol. The molecule has 0 heterocycles. The van der Waals surface area contributed by atoms with Crippen LogP contribution >= 0.6 is 0 Å². The van der Waals surface area contributed by atoms with Gasteiger partial charge in [-0.1, -0.05) is 19.3 Å². The molecule has 0 aromatic rings. The van der Waals surface area contributed by atoms with Crippen LogP contribution in [0.4, 0.5) is 4.79 Å². The number of ether oxygens (including phenoxy) is 1. The molecule has 20 heavy (non-hydrogen) atoms. The van der Waals surface area contributed by atoms with E-state index < -0.39 is 11.5 Å². The molecule has 0 saturated heterocycles. The van der Waals surface area contributed by atoms with Gasteiger partial charge >= 0.3 is 12.0 Å². The van der Waals surface area contributed by atoms with Crippen LogP contribution in [0, 0.1) is 0 Å². The van der Waals surface area contributed by atoms with E-state index >= 15 is 0 Å². The van der Waals surface area contributed by atoms with E-state index in [0.29, 0.717) is 0 Å². The maximum atomic E-state index is 12.0. The van der Waals surface area contributed by atoms with Gasteiger partial charge in [0.1, 0.15) is 0 Å². The Morgan fingerprint density at radius 3 is 2.45 bits per heavy atom. The highest BCUT2D eigenvalue weighted by Crippen LogP contribution is 2.31. The molecule has 2 aliphatic rings. The molecule has 0 aromatic carbocycles. The fourth-order valence-corrected chi connectivity index (χ4v) is 3.20. The maximum Gasteiger partial charge on any atom is 0.315 e. The van der Waals surface area contributed by atoms with E-state index in [9.17, 15) is 9.59 Å². The number of amides is 2. The molecule has 2 rings (SSSR count). The molecule has 6 nitrogen and oxygen atoms in total. The minimum atomic E-state index is -0.852. The van der Waals surface area contributed by atoms with Gasteiger partial charge in [-0.3, -0.25) is 4.79 Å². The van der Waals surface area contributed by atoms with Gasteiger partial charge < -0.3 is 20.5 Å². The van der Waals surface area contributed by atoms with Crippen LogP contribution in [0.5, 0.6) is 0 Å². The van der Waals surface area contributed by atoms with Gasteiger partial charge in [-0.25, -0.2) is 4.79 Å². The molecule has 6 heteroatoms. The largest absolute Gasteiger partial charge is 0.481 e. The summed E-state index contributed by atoms with van der Waals surface area (Å²) < 4.78 is 5.17. The van der Waals surface area contributed by atoms with Crippen LogP contribution in [0.25, 0.3) is 0 Å². The third-order valence-corrected chi connectivity index (χ3v) is 4.44.